The summed E-state index contributed by atoms with van der Waals surface area (Å²) in [7, 11) is 1.49. The fourth-order valence-corrected chi connectivity index (χ4v) is 0.865. The molecule has 0 amide bonds. The Morgan fingerprint density at radius 1 is 1.46 bits per heavy atom. The predicted molar refractivity (Wildman–Crippen MR) is 46.0 cm³/mol. The average molecular weight is 182 g/mol. The summed E-state index contributed by atoms with van der Waals surface area (Å²) in [6, 6.07) is 4.44. The van der Waals surface area contributed by atoms with Crippen LogP contribution in [0.4, 0.5) is 0 Å². The van der Waals surface area contributed by atoms with Gasteiger partial charge in [-0.3, -0.25) is 4.79 Å². The molecule has 0 heterocycles. The predicted octanol–water partition coefficient (Wildman–Crippen LogP) is 1.33. The third-order valence-electron chi connectivity index (χ3n) is 1.42. The van der Waals surface area contributed by atoms with Crippen molar-refractivity contribution in [2.45, 2.75) is 6.92 Å². The van der Waals surface area contributed by atoms with Crippen molar-refractivity contribution in [1.29, 1.82) is 0 Å². The van der Waals surface area contributed by atoms with Crippen LogP contribution in [0.15, 0.2) is 18.2 Å². The number of rotatable bonds is 2. The number of esters is 1. The lowest BCUT2D eigenvalue weighted by Gasteiger charge is -2.05. The second kappa shape index (κ2) is 3.80. The Labute approximate surface area is 75.7 Å². The summed E-state index contributed by atoms with van der Waals surface area (Å²) in [6.45, 7) is 1.27. The Kier molecular flexibility index (Phi) is 2.74. The minimum Gasteiger partial charge on any atom is -0.504 e. The highest BCUT2D eigenvalue weighted by atomic mass is 16.5. The summed E-state index contributed by atoms with van der Waals surface area (Å²) in [4.78, 5) is 10.6. The number of hydrogen-bond donors (Lipinski definition) is 1. The van der Waals surface area contributed by atoms with Crippen molar-refractivity contribution in [3.63, 3.8) is 0 Å². The van der Waals surface area contributed by atoms with Gasteiger partial charge in [-0.1, -0.05) is 0 Å². The van der Waals surface area contributed by atoms with Crippen LogP contribution in [0.1, 0.15) is 6.92 Å². The van der Waals surface area contributed by atoms with Crippen molar-refractivity contribution in [2.24, 2.45) is 0 Å². The zero-order valence-electron chi connectivity index (χ0n) is 7.40. The molecule has 0 saturated carbocycles. The first-order valence-corrected chi connectivity index (χ1v) is 3.69. The molecule has 0 spiro atoms. The molecule has 4 heteroatoms. The monoisotopic (exact) mass is 182 g/mol. The number of carbonyl (C=O) groups excluding carboxylic acids is 1. The van der Waals surface area contributed by atoms with Gasteiger partial charge in [0.25, 0.3) is 0 Å². The topological polar surface area (TPSA) is 55.8 Å². The highest BCUT2D eigenvalue weighted by molar-refractivity contribution is 5.70. The SMILES string of the molecule is COc1ccc(OC(C)=O)c(O)c1. The number of phenols is 1. The number of methoxy groups -OCH3 is 1. The summed E-state index contributed by atoms with van der Waals surface area (Å²) in [5, 5.41) is 9.31. The van der Waals surface area contributed by atoms with Crippen LogP contribution in [0.5, 0.6) is 17.2 Å². The summed E-state index contributed by atoms with van der Waals surface area (Å²) >= 11 is 0. The normalized spacial score (nSPS) is 9.38. The highest BCUT2D eigenvalue weighted by Crippen LogP contribution is 2.29. The third kappa shape index (κ3) is 2.37. The summed E-state index contributed by atoms with van der Waals surface area (Å²) < 4.78 is 9.55. The van der Waals surface area contributed by atoms with Gasteiger partial charge in [0.1, 0.15) is 5.75 Å². The van der Waals surface area contributed by atoms with Gasteiger partial charge in [-0.2, -0.15) is 0 Å². The van der Waals surface area contributed by atoms with Crippen LogP contribution in [0.3, 0.4) is 0 Å². The molecule has 0 bridgehead atoms. The summed E-state index contributed by atoms with van der Waals surface area (Å²) in [6.07, 6.45) is 0. The van der Waals surface area contributed by atoms with E-state index in [1.54, 1.807) is 6.07 Å². The van der Waals surface area contributed by atoms with Gasteiger partial charge in [-0.15, -0.1) is 0 Å². The van der Waals surface area contributed by atoms with Crippen molar-refractivity contribution < 1.29 is 19.4 Å². The van der Waals surface area contributed by atoms with E-state index in [1.807, 2.05) is 0 Å². The molecule has 0 aliphatic heterocycles. The van der Waals surface area contributed by atoms with Crippen LogP contribution in [0.2, 0.25) is 0 Å². The molecule has 0 radical (unpaired) electrons. The summed E-state index contributed by atoms with van der Waals surface area (Å²) in [5.41, 5.74) is 0. The van der Waals surface area contributed by atoms with Gasteiger partial charge in [0.05, 0.1) is 7.11 Å². The first kappa shape index (κ1) is 9.38. The number of phenolic OH excluding ortho intramolecular Hbond substituents is 1. The molecule has 1 N–H and O–H groups in total. The molecule has 0 aromatic heterocycles. The second-order valence-electron chi connectivity index (χ2n) is 2.43. The lowest BCUT2D eigenvalue weighted by atomic mass is 10.3. The molecule has 0 atom stereocenters. The van der Waals surface area contributed by atoms with Gasteiger partial charge in [0, 0.05) is 13.0 Å². The van der Waals surface area contributed by atoms with E-state index in [0.717, 1.165) is 0 Å². The zero-order chi connectivity index (χ0) is 9.84. The van der Waals surface area contributed by atoms with Gasteiger partial charge < -0.3 is 14.6 Å². The largest absolute Gasteiger partial charge is 0.504 e. The zero-order valence-corrected chi connectivity index (χ0v) is 7.40. The van der Waals surface area contributed by atoms with Crippen LogP contribution >= 0.6 is 0 Å². The van der Waals surface area contributed by atoms with Crippen molar-refractivity contribution >= 4 is 5.97 Å². The molecule has 1 aromatic rings. The minimum atomic E-state index is -0.472. The van der Waals surface area contributed by atoms with Crippen molar-refractivity contribution in [1.82, 2.24) is 0 Å². The highest BCUT2D eigenvalue weighted by Gasteiger charge is 2.05. The molecule has 0 fully saturated rings. The van der Waals surface area contributed by atoms with Gasteiger partial charge in [-0.25, -0.2) is 0 Å². The molecule has 1 rings (SSSR count). The number of carbonyl (C=O) groups is 1. The maximum atomic E-state index is 10.6. The van der Waals surface area contributed by atoms with E-state index in [2.05, 4.69) is 0 Å². The first-order chi connectivity index (χ1) is 6.13. The smallest absolute Gasteiger partial charge is 0.308 e. The van der Waals surface area contributed by atoms with E-state index in [0.29, 0.717) is 5.75 Å². The van der Waals surface area contributed by atoms with E-state index in [-0.39, 0.29) is 11.5 Å². The Morgan fingerprint density at radius 2 is 2.15 bits per heavy atom. The van der Waals surface area contributed by atoms with Crippen molar-refractivity contribution in [2.75, 3.05) is 7.11 Å². The maximum absolute atomic E-state index is 10.6. The van der Waals surface area contributed by atoms with Crippen molar-refractivity contribution in [3.05, 3.63) is 18.2 Å². The van der Waals surface area contributed by atoms with Gasteiger partial charge in [-0.05, 0) is 12.1 Å². The lowest BCUT2D eigenvalue weighted by Crippen LogP contribution is -2.01. The average Bonchev–Trinajstić information content (AvgIpc) is 2.08. The van der Waals surface area contributed by atoms with Gasteiger partial charge in [0.2, 0.25) is 0 Å². The maximum Gasteiger partial charge on any atom is 0.308 e. The lowest BCUT2D eigenvalue weighted by molar-refractivity contribution is -0.132. The fraction of sp³-hybridized carbons (Fsp3) is 0.222. The summed E-state index contributed by atoms with van der Waals surface area (Å²) in [5.74, 6) is 0.0525. The Bertz CT molecular complexity index is 319. The van der Waals surface area contributed by atoms with Gasteiger partial charge >= 0.3 is 5.97 Å². The van der Waals surface area contributed by atoms with Crippen LogP contribution in [0, 0.1) is 0 Å². The molecule has 0 aliphatic carbocycles. The van der Waals surface area contributed by atoms with Crippen molar-refractivity contribution in [3.8, 4) is 17.2 Å². The van der Waals surface area contributed by atoms with Gasteiger partial charge in [0.15, 0.2) is 11.5 Å². The van der Waals surface area contributed by atoms with Crippen LogP contribution in [0.25, 0.3) is 0 Å². The van der Waals surface area contributed by atoms with E-state index in [4.69, 9.17) is 9.47 Å². The number of hydrogen-bond acceptors (Lipinski definition) is 4. The third-order valence-corrected chi connectivity index (χ3v) is 1.42. The van der Waals surface area contributed by atoms with E-state index in [9.17, 15) is 9.90 Å². The Balaban J connectivity index is 2.91. The van der Waals surface area contributed by atoms with E-state index < -0.39 is 5.97 Å². The van der Waals surface area contributed by atoms with Crippen LogP contribution < -0.4 is 9.47 Å². The number of aromatic hydroxyl groups is 1. The molecule has 1 aromatic carbocycles. The molecule has 4 nitrogen and oxygen atoms in total. The Morgan fingerprint density at radius 3 is 2.62 bits per heavy atom. The molecule has 70 valence electrons. The molecule has 0 unspecified atom stereocenters. The molecular weight excluding hydrogens is 172 g/mol. The minimum absolute atomic E-state index is 0.116. The molecular formula is C9H10O4. The molecule has 0 saturated heterocycles. The molecule has 13 heavy (non-hydrogen) atoms. The van der Waals surface area contributed by atoms with Crippen LogP contribution in [-0.2, 0) is 4.79 Å². The van der Waals surface area contributed by atoms with E-state index >= 15 is 0 Å². The number of benzene rings is 1. The first-order valence-electron chi connectivity index (χ1n) is 3.69. The van der Waals surface area contributed by atoms with E-state index in [1.165, 1.54) is 26.2 Å². The fourth-order valence-electron chi connectivity index (χ4n) is 0.865. The Hall–Kier alpha value is -1.71. The second-order valence-corrected chi connectivity index (χ2v) is 2.43. The number of ether oxygens (including phenoxy) is 2. The van der Waals surface area contributed by atoms with Crippen LogP contribution in [-0.4, -0.2) is 18.2 Å². The quantitative estimate of drug-likeness (QED) is 0.553. The molecule has 0 aliphatic rings. The standard InChI is InChI=1S/C9H10O4/c1-6(10)13-9-4-3-7(12-2)5-8(9)11/h3-5,11H,1-2H3.